The molecule has 6 aromatic rings. The highest BCUT2D eigenvalue weighted by molar-refractivity contribution is 7.89. The summed E-state index contributed by atoms with van der Waals surface area (Å²) < 4.78 is 56.5. The standard InChI is InChI=1S/C25H31N3O2S2.C23H25Cl2N3O2S2/c1-17-10-18(2)14-22(13-17)15-23-16-31-25(26-23)27-6-8-28(9-7-27)32(29,30)24-20(4)11-19(3)12-21(24)5;1-15-8-16(2)22(17(3)9-15)32(29,30)28-6-4-27(5-7-28)23-26-21(14-31-23)12-18-10-19(24)13-20(25)11-18/h10-14,16H,6-9,15H2,1-5H3;8-11,13-14H,4-7,12H2,1-3H3. The average molecular weight is 980 g/mol. The van der Waals surface area contributed by atoms with E-state index in [1.807, 2.05) is 83.3 Å². The first-order valence-corrected chi connectivity index (χ1v) is 26.7. The number of piperazine rings is 2. The van der Waals surface area contributed by atoms with Crippen molar-refractivity contribution in [1.82, 2.24) is 18.6 Å². The number of anilines is 2. The largest absolute Gasteiger partial charge is 0.345 e. The van der Waals surface area contributed by atoms with E-state index in [9.17, 15) is 16.8 Å². The van der Waals surface area contributed by atoms with Crippen LogP contribution in [0, 0.1) is 55.4 Å². The van der Waals surface area contributed by atoms with E-state index in [0.717, 1.165) is 67.0 Å². The van der Waals surface area contributed by atoms with Gasteiger partial charge < -0.3 is 9.80 Å². The lowest BCUT2D eigenvalue weighted by Crippen LogP contribution is -2.48. The molecule has 0 radical (unpaired) electrons. The van der Waals surface area contributed by atoms with E-state index < -0.39 is 20.0 Å². The van der Waals surface area contributed by atoms with Gasteiger partial charge in [0.25, 0.3) is 0 Å². The molecule has 2 aromatic heterocycles. The molecule has 16 heteroatoms. The van der Waals surface area contributed by atoms with Gasteiger partial charge in [0.05, 0.1) is 21.2 Å². The van der Waals surface area contributed by atoms with Gasteiger partial charge in [-0.1, -0.05) is 87.9 Å². The first-order valence-electron chi connectivity index (χ1n) is 21.3. The summed E-state index contributed by atoms with van der Waals surface area (Å²) >= 11 is 15.4. The van der Waals surface area contributed by atoms with Crippen LogP contribution in [0.25, 0.3) is 0 Å². The van der Waals surface area contributed by atoms with Crippen molar-refractivity contribution in [3.05, 3.63) is 148 Å². The minimum atomic E-state index is -3.52. The van der Waals surface area contributed by atoms with E-state index in [0.29, 0.717) is 78.6 Å². The third-order valence-corrected chi connectivity index (χ3v) is 18.2. The Morgan fingerprint density at radius 3 is 1.16 bits per heavy atom. The second kappa shape index (κ2) is 19.9. The molecule has 0 unspecified atom stereocenters. The molecule has 340 valence electrons. The molecule has 64 heavy (non-hydrogen) atoms. The molecule has 0 bridgehead atoms. The normalized spacial score (nSPS) is 15.3. The van der Waals surface area contributed by atoms with Crippen molar-refractivity contribution in [2.45, 2.75) is 78.0 Å². The zero-order valence-electron chi connectivity index (χ0n) is 37.7. The van der Waals surface area contributed by atoms with Crippen LogP contribution >= 0.6 is 45.9 Å². The van der Waals surface area contributed by atoms with Gasteiger partial charge in [-0.2, -0.15) is 8.61 Å². The molecule has 0 amide bonds. The van der Waals surface area contributed by atoms with E-state index in [4.69, 9.17) is 33.2 Å². The molecule has 2 aliphatic rings. The number of aryl methyl sites for hydroxylation is 8. The fourth-order valence-corrected chi connectivity index (χ4v) is 15.0. The Bertz CT molecular complexity index is 2600. The van der Waals surface area contributed by atoms with Crippen LogP contribution in [0.2, 0.25) is 10.0 Å². The van der Waals surface area contributed by atoms with Crippen LogP contribution in [-0.4, -0.2) is 87.8 Å². The Balaban J connectivity index is 0.000000191. The summed E-state index contributed by atoms with van der Waals surface area (Å²) in [4.78, 5) is 14.9. The highest BCUT2D eigenvalue weighted by Crippen LogP contribution is 2.31. The van der Waals surface area contributed by atoms with Crippen molar-refractivity contribution < 1.29 is 16.8 Å². The number of benzene rings is 4. The number of thiazole rings is 2. The molecule has 8 rings (SSSR count). The number of hydrogen-bond donors (Lipinski definition) is 0. The van der Waals surface area contributed by atoms with Crippen molar-refractivity contribution in [3.63, 3.8) is 0 Å². The van der Waals surface area contributed by atoms with Crippen LogP contribution in [0.4, 0.5) is 10.3 Å². The van der Waals surface area contributed by atoms with Crippen molar-refractivity contribution >= 4 is 76.2 Å². The van der Waals surface area contributed by atoms with Crippen molar-refractivity contribution in [1.29, 1.82) is 0 Å². The number of nitrogens with zero attached hydrogens (tertiary/aromatic N) is 6. The number of rotatable bonds is 10. The second-order valence-corrected chi connectivity index (χ2v) is 23.4. The fourth-order valence-electron chi connectivity index (χ4n) is 8.99. The van der Waals surface area contributed by atoms with Gasteiger partial charge in [-0.3, -0.25) is 0 Å². The van der Waals surface area contributed by atoms with Gasteiger partial charge in [-0.05, 0) is 107 Å². The topological polar surface area (TPSA) is 107 Å². The van der Waals surface area contributed by atoms with Gasteiger partial charge in [0.1, 0.15) is 0 Å². The number of sulfonamides is 2. The van der Waals surface area contributed by atoms with Crippen molar-refractivity contribution in [2.24, 2.45) is 0 Å². The minimum Gasteiger partial charge on any atom is -0.345 e. The number of aromatic nitrogens is 2. The number of hydrogen-bond acceptors (Lipinski definition) is 10. The quantitative estimate of drug-likeness (QED) is 0.134. The summed E-state index contributed by atoms with van der Waals surface area (Å²) in [6.07, 6.45) is 1.47. The molecule has 2 fully saturated rings. The molecule has 4 aromatic carbocycles. The molecule has 0 spiro atoms. The molecule has 2 saturated heterocycles. The zero-order valence-corrected chi connectivity index (χ0v) is 42.5. The maximum absolute atomic E-state index is 13.3. The van der Waals surface area contributed by atoms with Gasteiger partial charge in [0.2, 0.25) is 20.0 Å². The van der Waals surface area contributed by atoms with Gasteiger partial charge in [-0.25, -0.2) is 26.8 Å². The molecule has 2 aliphatic heterocycles. The third kappa shape index (κ3) is 11.2. The molecule has 0 N–H and O–H groups in total. The lowest BCUT2D eigenvalue weighted by atomic mass is 10.0. The van der Waals surface area contributed by atoms with Crippen LogP contribution in [0.3, 0.4) is 0 Å². The van der Waals surface area contributed by atoms with E-state index >= 15 is 0 Å². The Labute approximate surface area is 397 Å². The summed E-state index contributed by atoms with van der Waals surface area (Å²) in [5.74, 6) is 0. The molecule has 0 saturated carbocycles. The summed E-state index contributed by atoms with van der Waals surface area (Å²) in [6.45, 7) is 20.1. The van der Waals surface area contributed by atoms with E-state index in [1.54, 1.807) is 37.4 Å². The zero-order chi connectivity index (χ0) is 46.1. The van der Waals surface area contributed by atoms with E-state index in [-0.39, 0.29) is 0 Å². The van der Waals surface area contributed by atoms with Crippen LogP contribution in [0.1, 0.15) is 67.0 Å². The Kier molecular flexibility index (Phi) is 15.0. The lowest BCUT2D eigenvalue weighted by molar-refractivity contribution is 0.384. The molecule has 0 atom stereocenters. The van der Waals surface area contributed by atoms with Crippen LogP contribution in [-0.2, 0) is 32.9 Å². The molecular formula is C48H56Cl2N6O4S4. The first kappa shape index (κ1) is 48.1. The highest BCUT2D eigenvalue weighted by Gasteiger charge is 2.33. The summed E-state index contributed by atoms with van der Waals surface area (Å²) in [5, 5.41) is 7.26. The maximum Gasteiger partial charge on any atom is 0.243 e. The van der Waals surface area contributed by atoms with Crippen LogP contribution in [0.5, 0.6) is 0 Å². The Hall–Kier alpha value is -3.86. The van der Waals surface area contributed by atoms with Crippen LogP contribution in [0.15, 0.2) is 81.2 Å². The lowest BCUT2D eigenvalue weighted by Gasteiger charge is -2.34. The van der Waals surface area contributed by atoms with E-state index in [1.165, 1.54) is 16.7 Å². The molecule has 0 aliphatic carbocycles. The van der Waals surface area contributed by atoms with E-state index in [2.05, 4.69) is 47.2 Å². The third-order valence-electron chi connectivity index (χ3n) is 11.5. The molecule has 4 heterocycles. The van der Waals surface area contributed by atoms with Crippen molar-refractivity contribution in [2.75, 3.05) is 62.2 Å². The number of halogens is 2. The predicted octanol–water partition coefficient (Wildman–Crippen LogP) is 10.3. The van der Waals surface area contributed by atoms with Gasteiger partial charge in [0, 0.05) is 86.0 Å². The highest BCUT2D eigenvalue weighted by atomic mass is 35.5. The monoisotopic (exact) mass is 978 g/mol. The summed E-state index contributed by atoms with van der Waals surface area (Å²) in [7, 11) is -7.02. The van der Waals surface area contributed by atoms with Gasteiger partial charge in [-0.15, -0.1) is 22.7 Å². The molecular weight excluding hydrogens is 924 g/mol. The average Bonchev–Trinajstić information content (AvgIpc) is 3.86. The molecule has 10 nitrogen and oxygen atoms in total. The smallest absolute Gasteiger partial charge is 0.243 e. The summed E-state index contributed by atoms with van der Waals surface area (Å²) in [5.41, 5.74) is 12.2. The fraction of sp³-hybridized carbons (Fsp3) is 0.375. The minimum absolute atomic E-state index is 0.438. The van der Waals surface area contributed by atoms with Crippen molar-refractivity contribution in [3.8, 4) is 0 Å². The van der Waals surface area contributed by atoms with Crippen LogP contribution < -0.4 is 9.80 Å². The Morgan fingerprint density at radius 2 is 0.797 bits per heavy atom. The first-order chi connectivity index (χ1) is 30.3. The SMILES string of the molecule is Cc1cc(C)c(S(=O)(=O)N2CCN(c3nc(Cc4cc(Cl)cc(Cl)c4)cs3)CC2)c(C)c1.Cc1cc(C)cc(Cc2csc(N3CCN(S(=O)(=O)c4c(C)cc(C)cc4C)CC3)n2)c1. The van der Waals surface area contributed by atoms with Gasteiger partial charge in [0.15, 0.2) is 10.3 Å². The predicted molar refractivity (Wildman–Crippen MR) is 265 cm³/mol. The maximum atomic E-state index is 13.3. The second-order valence-electron chi connectivity index (χ2n) is 17.1. The summed E-state index contributed by atoms with van der Waals surface area (Å²) in [6, 6.07) is 19.9. The van der Waals surface area contributed by atoms with Gasteiger partial charge >= 0.3 is 0 Å². The Morgan fingerprint density at radius 1 is 0.469 bits per heavy atom.